The first-order valence-electron chi connectivity index (χ1n) is 10.6. The highest BCUT2D eigenvalue weighted by Gasteiger charge is 2.20. The molecular weight excluding hydrogens is 396 g/mol. The van der Waals surface area contributed by atoms with Gasteiger partial charge in [0.2, 0.25) is 11.7 Å². The van der Waals surface area contributed by atoms with Gasteiger partial charge in [0, 0.05) is 64.2 Å². The number of piperazine rings is 1. The number of aryl methyl sites for hydroxylation is 1. The van der Waals surface area contributed by atoms with Crippen LogP contribution in [0.15, 0.2) is 30.6 Å². The Balaban J connectivity index is 1.53. The Hall–Kier alpha value is -3.00. The molecule has 0 N–H and O–H groups in total. The van der Waals surface area contributed by atoms with Gasteiger partial charge in [-0.25, -0.2) is 4.98 Å². The summed E-state index contributed by atoms with van der Waals surface area (Å²) in [5.74, 6) is 2.78. The fourth-order valence-electron chi connectivity index (χ4n) is 3.77. The molecule has 0 spiro atoms. The van der Waals surface area contributed by atoms with Crippen molar-refractivity contribution >= 4 is 12.0 Å². The van der Waals surface area contributed by atoms with Crippen molar-refractivity contribution in [3.05, 3.63) is 42.0 Å². The van der Waals surface area contributed by atoms with Crippen LogP contribution in [0.2, 0.25) is 0 Å². The molecule has 2 aromatic rings. The van der Waals surface area contributed by atoms with Crippen molar-refractivity contribution in [2.45, 2.75) is 19.9 Å². The van der Waals surface area contributed by atoms with E-state index in [4.69, 9.17) is 14.2 Å². The number of carbonyl (C=O) groups excluding carboxylic acids is 1. The summed E-state index contributed by atoms with van der Waals surface area (Å²) < 4.78 is 18.3. The maximum Gasteiger partial charge on any atom is 0.246 e. The zero-order valence-corrected chi connectivity index (χ0v) is 18.8. The van der Waals surface area contributed by atoms with Gasteiger partial charge in [-0.3, -0.25) is 9.69 Å². The number of methoxy groups -OCH3 is 3. The Morgan fingerprint density at radius 1 is 1.03 bits per heavy atom. The smallest absolute Gasteiger partial charge is 0.246 e. The van der Waals surface area contributed by atoms with E-state index in [0.29, 0.717) is 17.2 Å². The molecule has 1 amide bonds. The third-order valence-electron chi connectivity index (χ3n) is 5.56. The molecule has 31 heavy (non-hydrogen) atoms. The van der Waals surface area contributed by atoms with E-state index in [1.807, 2.05) is 29.4 Å². The number of hydrogen-bond donors (Lipinski definition) is 0. The number of hydrogen-bond acceptors (Lipinski definition) is 6. The van der Waals surface area contributed by atoms with Gasteiger partial charge >= 0.3 is 0 Å². The number of carbonyl (C=O) groups is 1. The molecule has 168 valence electrons. The van der Waals surface area contributed by atoms with E-state index in [9.17, 15) is 4.79 Å². The highest BCUT2D eigenvalue weighted by molar-refractivity contribution is 5.92. The Morgan fingerprint density at radius 3 is 2.29 bits per heavy atom. The third kappa shape index (κ3) is 5.58. The van der Waals surface area contributed by atoms with Crippen molar-refractivity contribution in [2.75, 3.05) is 54.1 Å². The summed E-state index contributed by atoms with van der Waals surface area (Å²) in [5.41, 5.74) is 0.813. The number of imidazole rings is 1. The molecule has 2 heterocycles. The van der Waals surface area contributed by atoms with E-state index in [1.165, 1.54) is 0 Å². The quantitative estimate of drug-likeness (QED) is 0.571. The lowest BCUT2D eigenvalue weighted by Gasteiger charge is -2.34. The van der Waals surface area contributed by atoms with Gasteiger partial charge in [0.1, 0.15) is 5.82 Å². The van der Waals surface area contributed by atoms with Crippen LogP contribution in [-0.4, -0.2) is 79.3 Å². The van der Waals surface area contributed by atoms with Gasteiger partial charge < -0.3 is 23.7 Å². The zero-order valence-electron chi connectivity index (χ0n) is 18.8. The van der Waals surface area contributed by atoms with Gasteiger partial charge in [-0.05, 0) is 23.8 Å². The third-order valence-corrected chi connectivity index (χ3v) is 5.56. The minimum atomic E-state index is 0.0104. The van der Waals surface area contributed by atoms with Gasteiger partial charge in [-0.15, -0.1) is 0 Å². The topological polar surface area (TPSA) is 69.1 Å². The average Bonchev–Trinajstić information content (AvgIpc) is 3.28. The van der Waals surface area contributed by atoms with Gasteiger partial charge in [-0.2, -0.15) is 0 Å². The molecule has 1 aromatic heterocycles. The fourth-order valence-corrected chi connectivity index (χ4v) is 3.77. The van der Waals surface area contributed by atoms with E-state index in [0.717, 1.165) is 57.1 Å². The van der Waals surface area contributed by atoms with E-state index < -0.39 is 0 Å². The monoisotopic (exact) mass is 428 g/mol. The van der Waals surface area contributed by atoms with Crippen LogP contribution in [0.25, 0.3) is 6.08 Å². The lowest BCUT2D eigenvalue weighted by molar-refractivity contribution is -0.127. The Kier molecular flexibility index (Phi) is 7.94. The highest BCUT2D eigenvalue weighted by Crippen LogP contribution is 2.38. The van der Waals surface area contributed by atoms with Gasteiger partial charge in [0.25, 0.3) is 0 Å². The van der Waals surface area contributed by atoms with Crippen molar-refractivity contribution < 1.29 is 19.0 Å². The zero-order chi connectivity index (χ0) is 22.2. The van der Waals surface area contributed by atoms with Crippen LogP contribution in [-0.2, 0) is 17.8 Å². The summed E-state index contributed by atoms with van der Waals surface area (Å²) in [6.45, 7) is 7.21. The fraction of sp³-hybridized carbons (Fsp3) is 0.478. The number of rotatable bonds is 9. The molecule has 1 saturated heterocycles. The molecule has 0 unspecified atom stereocenters. The van der Waals surface area contributed by atoms with E-state index >= 15 is 0 Å². The molecule has 3 rings (SSSR count). The van der Waals surface area contributed by atoms with Crippen LogP contribution in [0, 0.1) is 0 Å². The SMILES string of the molecule is CCc1nccn1CCN1CCN(C(=O)/C=C/c2cc(OC)c(OC)c(OC)c2)CC1. The molecule has 1 aliphatic rings. The molecule has 8 nitrogen and oxygen atoms in total. The van der Waals surface area contributed by atoms with Crippen LogP contribution in [0.3, 0.4) is 0 Å². The number of amides is 1. The van der Waals surface area contributed by atoms with E-state index in [-0.39, 0.29) is 5.91 Å². The van der Waals surface area contributed by atoms with Crippen molar-refractivity contribution in [1.29, 1.82) is 0 Å². The predicted molar refractivity (Wildman–Crippen MR) is 120 cm³/mol. The van der Waals surface area contributed by atoms with Crippen molar-refractivity contribution in [3.63, 3.8) is 0 Å². The lowest BCUT2D eigenvalue weighted by atomic mass is 10.1. The molecule has 1 aliphatic heterocycles. The summed E-state index contributed by atoms with van der Waals surface area (Å²) in [6, 6.07) is 3.65. The minimum absolute atomic E-state index is 0.0104. The second-order valence-electron chi connectivity index (χ2n) is 7.35. The van der Waals surface area contributed by atoms with Gasteiger partial charge in [0.05, 0.1) is 21.3 Å². The summed E-state index contributed by atoms with van der Waals surface area (Å²) in [4.78, 5) is 21.3. The Labute approximate surface area is 184 Å². The first-order chi connectivity index (χ1) is 15.1. The molecule has 0 saturated carbocycles. The second kappa shape index (κ2) is 10.9. The summed E-state index contributed by atoms with van der Waals surface area (Å²) >= 11 is 0. The standard InChI is InChI=1S/C23H32N4O4/c1-5-21-24-8-9-26(21)13-10-25-11-14-27(15-12-25)22(28)7-6-18-16-19(29-2)23(31-4)20(17-18)30-3/h6-9,16-17H,5,10-15H2,1-4H3/b7-6+. The number of ether oxygens (including phenoxy) is 3. The van der Waals surface area contributed by atoms with Crippen LogP contribution < -0.4 is 14.2 Å². The Bertz CT molecular complexity index is 876. The van der Waals surface area contributed by atoms with Crippen LogP contribution in [0.5, 0.6) is 17.2 Å². The van der Waals surface area contributed by atoms with E-state index in [1.54, 1.807) is 33.5 Å². The molecule has 1 fully saturated rings. The van der Waals surface area contributed by atoms with Gasteiger partial charge in [-0.1, -0.05) is 6.92 Å². The van der Waals surface area contributed by atoms with Crippen molar-refractivity contribution in [1.82, 2.24) is 19.4 Å². The predicted octanol–water partition coefficient (Wildman–Crippen LogP) is 2.33. The minimum Gasteiger partial charge on any atom is -0.493 e. The number of aromatic nitrogens is 2. The second-order valence-corrected chi connectivity index (χ2v) is 7.35. The Morgan fingerprint density at radius 2 is 1.71 bits per heavy atom. The molecule has 1 aromatic carbocycles. The van der Waals surface area contributed by atoms with Crippen molar-refractivity contribution in [3.8, 4) is 17.2 Å². The molecule has 0 aliphatic carbocycles. The summed E-state index contributed by atoms with van der Waals surface area (Å²) in [7, 11) is 4.72. The lowest BCUT2D eigenvalue weighted by Crippen LogP contribution is -2.48. The number of nitrogens with zero attached hydrogens (tertiary/aromatic N) is 4. The molecular formula is C23H32N4O4. The molecule has 0 bridgehead atoms. The van der Waals surface area contributed by atoms with Crippen molar-refractivity contribution in [2.24, 2.45) is 0 Å². The maximum absolute atomic E-state index is 12.7. The normalized spacial score (nSPS) is 14.8. The average molecular weight is 429 g/mol. The van der Waals surface area contributed by atoms with Gasteiger partial charge in [0.15, 0.2) is 11.5 Å². The number of benzene rings is 1. The molecule has 0 atom stereocenters. The van der Waals surface area contributed by atoms with E-state index in [2.05, 4.69) is 21.4 Å². The molecule has 0 radical (unpaired) electrons. The first-order valence-corrected chi connectivity index (χ1v) is 10.6. The summed E-state index contributed by atoms with van der Waals surface area (Å²) in [6.07, 6.45) is 8.22. The van der Waals surface area contributed by atoms with Crippen LogP contribution in [0.1, 0.15) is 18.3 Å². The summed E-state index contributed by atoms with van der Waals surface area (Å²) in [5, 5.41) is 0. The maximum atomic E-state index is 12.7. The molecule has 8 heteroatoms. The first kappa shape index (κ1) is 22.7. The van der Waals surface area contributed by atoms with Crippen LogP contribution in [0.4, 0.5) is 0 Å². The van der Waals surface area contributed by atoms with Crippen LogP contribution >= 0.6 is 0 Å². The highest BCUT2D eigenvalue weighted by atomic mass is 16.5. The largest absolute Gasteiger partial charge is 0.493 e.